The van der Waals surface area contributed by atoms with Crippen LogP contribution in [0.2, 0.25) is 0 Å². The monoisotopic (exact) mass is 415 g/mol. The predicted molar refractivity (Wildman–Crippen MR) is 79.3 cm³/mol. The van der Waals surface area contributed by atoms with Crippen LogP contribution in [-0.2, 0) is 6.18 Å². The van der Waals surface area contributed by atoms with E-state index in [1.807, 2.05) is 11.4 Å². The van der Waals surface area contributed by atoms with Gasteiger partial charge in [0.15, 0.2) is 0 Å². The lowest BCUT2D eigenvalue weighted by molar-refractivity contribution is -0.140. The van der Waals surface area contributed by atoms with Gasteiger partial charge in [-0.05, 0) is 64.3 Å². The van der Waals surface area contributed by atoms with Gasteiger partial charge in [-0.3, -0.25) is 0 Å². The highest BCUT2D eigenvalue weighted by molar-refractivity contribution is 14.1. The van der Waals surface area contributed by atoms with Crippen LogP contribution in [0.25, 0.3) is 0 Å². The summed E-state index contributed by atoms with van der Waals surface area (Å²) in [5.41, 5.74) is 0.0113. The largest absolute Gasteiger partial charge is 0.419 e. The molecule has 108 valence electrons. The van der Waals surface area contributed by atoms with Crippen molar-refractivity contribution in [2.75, 3.05) is 7.05 Å². The van der Waals surface area contributed by atoms with Gasteiger partial charge in [0.1, 0.15) is 5.82 Å². The molecule has 0 amide bonds. The predicted octanol–water partition coefficient (Wildman–Crippen LogP) is 4.82. The SMILES string of the molecule is CNC(c1csc(I)c1)c1ccc(F)c(C(F)(F)F)c1. The number of nitrogens with one attached hydrogen (secondary N) is 1. The van der Waals surface area contributed by atoms with Crippen molar-refractivity contribution in [2.24, 2.45) is 0 Å². The Morgan fingerprint density at radius 1 is 1.20 bits per heavy atom. The second-order valence-electron chi connectivity index (χ2n) is 4.14. The van der Waals surface area contributed by atoms with Gasteiger partial charge in [-0.25, -0.2) is 4.39 Å². The minimum absolute atomic E-state index is 0.385. The first-order valence-electron chi connectivity index (χ1n) is 5.60. The maximum atomic E-state index is 13.3. The Bertz CT molecular complexity index is 609. The van der Waals surface area contributed by atoms with E-state index in [-0.39, 0.29) is 0 Å². The quantitative estimate of drug-likeness (QED) is 0.560. The van der Waals surface area contributed by atoms with Gasteiger partial charge in [0.05, 0.1) is 14.5 Å². The van der Waals surface area contributed by atoms with Crippen molar-refractivity contribution in [2.45, 2.75) is 12.2 Å². The van der Waals surface area contributed by atoms with Crippen LogP contribution in [0, 0.1) is 8.70 Å². The maximum absolute atomic E-state index is 13.3. The Labute approximate surface area is 131 Å². The van der Waals surface area contributed by atoms with Crippen molar-refractivity contribution in [3.63, 3.8) is 0 Å². The van der Waals surface area contributed by atoms with Crippen molar-refractivity contribution in [1.29, 1.82) is 0 Å². The normalized spacial score (nSPS) is 13.5. The molecule has 0 bridgehead atoms. The number of rotatable bonds is 3. The molecule has 2 aromatic rings. The molecule has 0 aliphatic heterocycles. The highest BCUT2D eigenvalue weighted by Crippen LogP contribution is 2.34. The molecular weight excluding hydrogens is 405 g/mol. The minimum atomic E-state index is -4.69. The van der Waals surface area contributed by atoms with Gasteiger partial charge in [0, 0.05) is 0 Å². The molecule has 2 rings (SSSR count). The van der Waals surface area contributed by atoms with E-state index in [1.165, 1.54) is 17.4 Å². The molecule has 0 saturated carbocycles. The van der Waals surface area contributed by atoms with Gasteiger partial charge >= 0.3 is 6.18 Å². The van der Waals surface area contributed by atoms with Gasteiger partial charge in [0.25, 0.3) is 0 Å². The standard InChI is InChI=1S/C13H10F4INS/c1-19-12(8-5-11(18)20-6-8)7-2-3-10(14)9(4-7)13(15,16)17/h2-6,12,19H,1H3. The van der Waals surface area contributed by atoms with Crippen LogP contribution >= 0.6 is 33.9 Å². The molecule has 0 aliphatic rings. The first-order chi connectivity index (χ1) is 9.32. The Morgan fingerprint density at radius 2 is 1.90 bits per heavy atom. The summed E-state index contributed by atoms with van der Waals surface area (Å²) in [5, 5.41) is 4.83. The summed E-state index contributed by atoms with van der Waals surface area (Å²) < 4.78 is 52.6. The molecule has 1 atom stereocenters. The van der Waals surface area contributed by atoms with Crippen LogP contribution < -0.4 is 5.32 Å². The average Bonchev–Trinajstić information content (AvgIpc) is 2.77. The molecular formula is C13H10F4INS. The molecule has 0 fully saturated rings. The fraction of sp³-hybridized carbons (Fsp3) is 0.231. The Morgan fingerprint density at radius 3 is 2.40 bits per heavy atom. The summed E-state index contributed by atoms with van der Waals surface area (Å²) in [6.45, 7) is 0. The number of hydrogen-bond acceptors (Lipinski definition) is 2. The molecule has 1 nitrogen and oxygen atoms in total. The Kier molecular flexibility index (Phi) is 4.70. The average molecular weight is 415 g/mol. The van der Waals surface area contributed by atoms with Crippen molar-refractivity contribution < 1.29 is 17.6 Å². The van der Waals surface area contributed by atoms with Crippen LogP contribution in [0.3, 0.4) is 0 Å². The van der Waals surface area contributed by atoms with Gasteiger partial charge in [-0.1, -0.05) is 6.07 Å². The van der Waals surface area contributed by atoms with E-state index in [4.69, 9.17) is 0 Å². The van der Waals surface area contributed by atoms with E-state index in [1.54, 1.807) is 7.05 Å². The number of benzene rings is 1. The molecule has 7 heteroatoms. The molecule has 1 unspecified atom stereocenters. The van der Waals surface area contributed by atoms with E-state index in [2.05, 4.69) is 27.9 Å². The fourth-order valence-corrected chi connectivity index (χ4v) is 3.34. The van der Waals surface area contributed by atoms with Crippen molar-refractivity contribution in [3.8, 4) is 0 Å². The molecule has 1 heterocycles. The lowest BCUT2D eigenvalue weighted by atomic mass is 9.99. The second-order valence-corrected chi connectivity index (χ2v) is 6.95. The summed E-state index contributed by atoms with van der Waals surface area (Å²) in [5.74, 6) is -1.25. The molecule has 1 N–H and O–H groups in total. The third kappa shape index (κ3) is 3.32. The summed E-state index contributed by atoms with van der Waals surface area (Å²) in [4.78, 5) is 0. The number of hydrogen-bond donors (Lipinski definition) is 1. The Balaban J connectivity index is 2.46. The van der Waals surface area contributed by atoms with Gasteiger partial charge in [-0.15, -0.1) is 11.3 Å². The van der Waals surface area contributed by atoms with Crippen molar-refractivity contribution >= 4 is 33.9 Å². The minimum Gasteiger partial charge on any atom is -0.309 e. The third-order valence-electron chi connectivity index (χ3n) is 2.84. The van der Waals surface area contributed by atoms with Crippen LogP contribution in [-0.4, -0.2) is 7.05 Å². The molecule has 1 aromatic heterocycles. The second kappa shape index (κ2) is 5.98. The smallest absolute Gasteiger partial charge is 0.309 e. The van der Waals surface area contributed by atoms with Gasteiger partial charge < -0.3 is 5.32 Å². The summed E-state index contributed by atoms with van der Waals surface area (Å²) in [6, 6.07) is 4.59. The molecule has 0 radical (unpaired) electrons. The summed E-state index contributed by atoms with van der Waals surface area (Å²) in [7, 11) is 1.66. The van der Waals surface area contributed by atoms with E-state index in [0.717, 1.165) is 20.6 Å². The number of alkyl halides is 3. The van der Waals surface area contributed by atoms with E-state index < -0.39 is 23.6 Å². The molecule has 0 aliphatic carbocycles. The Hall–Kier alpha value is -0.670. The molecule has 1 aromatic carbocycles. The topological polar surface area (TPSA) is 12.0 Å². The first kappa shape index (κ1) is 15.7. The zero-order chi connectivity index (χ0) is 14.9. The highest BCUT2D eigenvalue weighted by atomic mass is 127. The number of halogens is 5. The molecule has 0 spiro atoms. The maximum Gasteiger partial charge on any atom is 0.419 e. The summed E-state index contributed by atoms with van der Waals surface area (Å²) in [6.07, 6.45) is -4.69. The number of thiophene rings is 1. The van der Waals surface area contributed by atoms with Crippen molar-refractivity contribution in [3.05, 3.63) is 55.0 Å². The fourth-order valence-electron chi connectivity index (χ4n) is 1.94. The van der Waals surface area contributed by atoms with Crippen LogP contribution in [0.1, 0.15) is 22.7 Å². The van der Waals surface area contributed by atoms with Crippen LogP contribution in [0.4, 0.5) is 17.6 Å². The zero-order valence-corrected chi connectivity index (χ0v) is 13.2. The molecule has 0 saturated heterocycles. The van der Waals surface area contributed by atoms with Crippen LogP contribution in [0.15, 0.2) is 29.6 Å². The van der Waals surface area contributed by atoms with E-state index in [0.29, 0.717) is 5.56 Å². The van der Waals surface area contributed by atoms with E-state index >= 15 is 0 Å². The zero-order valence-electron chi connectivity index (χ0n) is 10.3. The molecule has 20 heavy (non-hydrogen) atoms. The summed E-state index contributed by atoms with van der Waals surface area (Å²) >= 11 is 3.65. The van der Waals surface area contributed by atoms with Gasteiger partial charge in [0.2, 0.25) is 0 Å². The van der Waals surface area contributed by atoms with Crippen LogP contribution in [0.5, 0.6) is 0 Å². The lowest BCUT2D eigenvalue weighted by Crippen LogP contribution is -2.18. The highest BCUT2D eigenvalue weighted by Gasteiger charge is 2.34. The first-order valence-corrected chi connectivity index (χ1v) is 7.56. The third-order valence-corrected chi connectivity index (χ3v) is 4.65. The van der Waals surface area contributed by atoms with Crippen molar-refractivity contribution in [1.82, 2.24) is 5.32 Å². The van der Waals surface area contributed by atoms with E-state index in [9.17, 15) is 17.6 Å². The lowest BCUT2D eigenvalue weighted by Gasteiger charge is -2.17. The van der Waals surface area contributed by atoms with Gasteiger partial charge in [-0.2, -0.15) is 13.2 Å².